The molecule has 0 radical (unpaired) electrons. The summed E-state index contributed by atoms with van der Waals surface area (Å²) in [5, 5.41) is 10.0. The first kappa shape index (κ1) is 13.8. The number of hydrogen-bond acceptors (Lipinski definition) is 1. The van der Waals surface area contributed by atoms with E-state index in [2.05, 4.69) is 10.2 Å². The van der Waals surface area contributed by atoms with Gasteiger partial charge in [0.05, 0.1) is 11.3 Å². The predicted molar refractivity (Wildman–Crippen MR) is 84.0 cm³/mol. The second-order valence-corrected chi connectivity index (χ2v) is 5.36. The summed E-state index contributed by atoms with van der Waals surface area (Å²) in [4.78, 5) is 0. The second-order valence-electron chi connectivity index (χ2n) is 5.36. The van der Waals surface area contributed by atoms with Crippen molar-refractivity contribution in [3.8, 4) is 11.3 Å². The minimum Gasteiger partial charge on any atom is -0.277 e. The fourth-order valence-corrected chi connectivity index (χ4v) is 2.82. The highest BCUT2D eigenvalue weighted by molar-refractivity contribution is 6.09. The van der Waals surface area contributed by atoms with Crippen LogP contribution in [0.5, 0.6) is 0 Å². The van der Waals surface area contributed by atoms with Crippen LogP contribution in [0, 0.1) is 0 Å². The summed E-state index contributed by atoms with van der Waals surface area (Å²) in [7, 11) is 0. The molecular weight excluding hydrogens is 301 g/mol. The van der Waals surface area contributed by atoms with Crippen LogP contribution in [0.2, 0.25) is 0 Å². The molecule has 0 aliphatic carbocycles. The van der Waals surface area contributed by atoms with E-state index < -0.39 is 11.7 Å². The Kier molecular flexibility index (Phi) is 2.91. The van der Waals surface area contributed by atoms with Crippen LogP contribution < -0.4 is 0 Å². The lowest BCUT2D eigenvalue weighted by atomic mass is 10.0. The van der Waals surface area contributed by atoms with Crippen molar-refractivity contribution in [3.05, 3.63) is 66.2 Å². The van der Waals surface area contributed by atoms with Gasteiger partial charge >= 0.3 is 6.18 Å². The fraction of sp³-hybridized carbons (Fsp3) is 0.0556. The quantitative estimate of drug-likeness (QED) is 0.501. The molecule has 0 saturated carbocycles. The van der Waals surface area contributed by atoms with Gasteiger partial charge in [-0.2, -0.15) is 18.3 Å². The number of fused-ring (bicyclic) bond motifs is 3. The van der Waals surface area contributed by atoms with E-state index in [1.165, 1.54) is 6.07 Å². The van der Waals surface area contributed by atoms with Crippen LogP contribution in [-0.4, -0.2) is 10.2 Å². The number of H-pyrrole nitrogens is 1. The van der Waals surface area contributed by atoms with Crippen molar-refractivity contribution in [2.24, 2.45) is 0 Å². The summed E-state index contributed by atoms with van der Waals surface area (Å²) in [6.45, 7) is 0. The third-order valence-electron chi connectivity index (χ3n) is 3.93. The Labute approximate surface area is 129 Å². The highest BCUT2D eigenvalue weighted by Crippen LogP contribution is 2.35. The number of aromatic nitrogens is 2. The zero-order chi connectivity index (χ0) is 16.0. The number of nitrogens with zero attached hydrogens (tertiary/aromatic N) is 1. The summed E-state index contributed by atoms with van der Waals surface area (Å²) < 4.78 is 38.7. The molecule has 1 heterocycles. The standard InChI is InChI=1S/C18H11F3N2/c19-18(20,21)13-6-3-5-12(10-13)16-15-9-8-11-4-1-2-7-14(11)17(15)23-22-16/h1-10H,(H,22,23). The molecule has 1 N–H and O–H groups in total. The fourth-order valence-electron chi connectivity index (χ4n) is 2.82. The lowest BCUT2D eigenvalue weighted by Crippen LogP contribution is -2.04. The first-order chi connectivity index (χ1) is 11.0. The molecule has 4 aromatic rings. The van der Waals surface area contributed by atoms with Crippen LogP contribution in [0.15, 0.2) is 60.7 Å². The number of hydrogen-bond donors (Lipinski definition) is 1. The van der Waals surface area contributed by atoms with E-state index in [-0.39, 0.29) is 0 Å². The molecule has 0 atom stereocenters. The van der Waals surface area contributed by atoms with Crippen LogP contribution in [0.1, 0.15) is 5.56 Å². The molecule has 23 heavy (non-hydrogen) atoms. The SMILES string of the molecule is FC(F)(F)c1cccc(-c2[nH]nc3c2ccc2ccccc23)c1. The largest absolute Gasteiger partial charge is 0.416 e. The van der Waals surface area contributed by atoms with Crippen LogP contribution in [0.3, 0.4) is 0 Å². The Morgan fingerprint density at radius 2 is 1.65 bits per heavy atom. The highest BCUT2D eigenvalue weighted by atomic mass is 19.4. The van der Waals surface area contributed by atoms with Gasteiger partial charge in [-0.3, -0.25) is 5.10 Å². The number of alkyl halides is 3. The van der Waals surface area contributed by atoms with Crippen molar-refractivity contribution < 1.29 is 13.2 Å². The summed E-state index contributed by atoms with van der Waals surface area (Å²) in [6.07, 6.45) is -4.36. The van der Waals surface area contributed by atoms with Crippen molar-refractivity contribution in [1.82, 2.24) is 10.2 Å². The number of nitrogens with one attached hydrogen (secondary N) is 1. The van der Waals surface area contributed by atoms with Gasteiger partial charge in [0.15, 0.2) is 0 Å². The van der Waals surface area contributed by atoms with E-state index in [1.807, 2.05) is 36.4 Å². The maximum absolute atomic E-state index is 12.9. The van der Waals surface area contributed by atoms with E-state index in [4.69, 9.17) is 0 Å². The predicted octanol–water partition coefficient (Wildman–Crippen LogP) is 5.40. The Balaban J connectivity index is 1.95. The first-order valence-corrected chi connectivity index (χ1v) is 7.07. The lowest BCUT2D eigenvalue weighted by Gasteiger charge is -2.08. The molecule has 5 heteroatoms. The van der Waals surface area contributed by atoms with E-state index >= 15 is 0 Å². The molecular formula is C18H11F3N2. The third-order valence-corrected chi connectivity index (χ3v) is 3.93. The van der Waals surface area contributed by atoms with Crippen LogP contribution in [-0.2, 0) is 6.18 Å². The van der Waals surface area contributed by atoms with Gasteiger partial charge in [-0.25, -0.2) is 0 Å². The average molecular weight is 312 g/mol. The molecule has 114 valence electrons. The topological polar surface area (TPSA) is 28.7 Å². The Hall–Kier alpha value is -2.82. The molecule has 2 nitrogen and oxygen atoms in total. The molecule has 0 amide bonds. The van der Waals surface area contributed by atoms with Gasteiger partial charge < -0.3 is 0 Å². The van der Waals surface area contributed by atoms with Gasteiger partial charge in [-0.1, -0.05) is 42.5 Å². The number of benzene rings is 3. The molecule has 0 aliphatic rings. The minimum absolute atomic E-state index is 0.470. The summed E-state index contributed by atoms with van der Waals surface area (Å²) in [5.41, 5.74) is 1.16. The Morgan fingerprint density at radius 3 is 2.48 bits per heavy atom. The maximum Gasteiger partial charge on any atom is 0.416 e. The van der Waals surface area contributed by atoms with Gasteiger partial charge in [-0.15, -0.1) is 0 Å². The number of halogens is 3. The monoisotopic (exact) mass is 312 g/mol. The zero-order valence-electron chi connectivity index (χ0n) is 11.9. The molecule has 0 aliphatic heterocycles. The summed E-state index contributed by atoms with van der Waals surface area (Å²) in [6, 6.07) is 16.9. The Morgan fingerprint density at radius 1 is 0.826 bits per heavy atom. The Bertz CT molecular complexity index is 1020. The van der Waals surface area contributed by atoms with Crippen molar-refractivity contribution in [3.63, 3.8) is 0 Å². The molecule has 0 saturated heterocycles. The zero-order valence-corrected chi connectivity index (χ0v) is 11.9. The molecule has 0 unspecified atom stereocenters. The lowest BCUT2D eigenvalue weighted by molar-refractivity contribution is -0.137. The van der Waals surface area contributed by atoms with Gasteiger partial charge in [0.1, 0.15) is 5.52 Å². The summed E-state index contributed by atoms with van der Waals surface area (Å²) in [5.74, 6) is 0. The molecule has 0 fully saturated rings. The van der Waals surface area contributed by atoms with E-state index in [0.29, 0.717) is 11.3 Å². The highest BCUT2D eigenvalue weighted by Gasteiger charge is 2.30. The molecule has 3 aromatic carbocycles. The van der Waals surface area contributed by atoms with Crippen molar-refractivity contribution >= 4 is 21.7 Å². The first-order valence-electron chi connectivity index (χ1n) is 7.07. The second kappa shape index (κ2) is 4.84. The van der Waals surface area contributed by atoms with Crippen LogP contribution >= 0.6 is 0 Å². The third kappa shape index (κ3) is 2.25. The van der Waals surface area contributed by atoms with Crippen molar-refractivity contribution in [2.45, 2.75) is 6.18 Å². The van der Waals surface area contributed by atoms with Gasteiger partial charge in [0.2, 0.25) is 0 Å². The van der Waals surface area contributed by atoms with Gasteiger partial charge in [-0.05, 0) is 23.6 Å². The molecule has 0 bridgehead atoms. The smallest absolute Gasteiger partial charge is 0.277 e. The van der Waals surface area contributed by atoms with Crippen LogP contribution in [0.25, 0.3) is 32.9 Å². The molecule has 4 rings (SSSR count). The van der Waals surface area contributed by atoms with Crippen molar-refractivity contribution in [2.75, 3.05) is 0 Å². The normalized spacial score (nSPS) is 12.1. The molecule has 0 spiro atoms. The van der Waals surface area contributed by atoms with Crippen molar-refractivity contribution in [1.29, 1.82) is 0 Å². The maximum atomic E-state index is 12.9. The summed E-state index contributed by atoms with van der Waals surface area (Å²) >= 11 is 0. The van der Waals surface area contributed by atoms with E-state index in [0.717, 1.165) is 33.8 Å². The number of aromatic amines is 1. The van der Waals surface area contributed by atoms with Crippen LogP contribution in [0.4, 0.5) is 13.2 Å². The average Bonchev–Trinajstić information content (AvgIpc) is 2.98. The van der Waals surface area contributed by atoms with E-state index in [1.54, 1.807) is 6.07 Å². The molecule has 1 aromatic heterocycles. The van der Waals surface area contributed by atoms with Gasteiger partial charge in [0, 0.05) is 16.3 Å². The van der Waals surface area contributed by atoms with Gasteiger partial charge in [0.25, 0.3) is 0 Å². The van der Waals surface area contributed by atoms with E-state index in [9.17, 15) is 13.2 Å². The minimum atomic E-state index is -4.36. The number of rotatable bonds is 1.